The molecule has 2 aromatic carbocycles. The molecule has 0 amide bonds. The van der Waals surface area contributed by atoms with Crippen LogP contribution in [0.15, 0.2) is 72.8 Å². The molecule has 2 rings (SSSR count). The zero-order valence-electron chi connectivity index (χ0n) is 17.9. The largest absolute Gasteiger partial charge is 0.466 e. The monoisotopic (exact) mass is 396 g/mol. The van der Waals surface area contributed by atoms with Gasteiger partial charge in [-0.25, -0.2) is 4.79 Å². The highest BCUT2D eigenvalue weighted by Crippen LogP contribution is 2.46. The van der Waals surface area contributed by atoms with Gasteiger partial charge in [0.15, 0.2) is 8.32 Å². The first-order chi connectivity index (χ1) is 13.1. The van der Waals surface area contributed by atoms with E-state index in [1.54, 1.807) is 0 Å². The number of hydrogen-bond acceptors (Lipinski definition) is 3. The lowest BCUT2D eigenvalue weighted by Crippen LogP contribution is -2.43. The van der Waals surface area contributed by atoms with Gasteiger partial charge in [-0.15, -0.1) is 0 Å². The fourth-order valence-electron chi connectivity index (χ4n) is 2.94. The highest BCUT2D eigenvalue weighted by atomic mass is 28.4. The quantitative estimate of drug-likeness (QED) is 0.315. The van der Waals surface area contributed by atoms with Gasteiger partial charge in [-0.1, -0.05) is 88.0 Å². The van der Waals surface area contributed by atoms with Gasteiger partial charge in [-0.3, -0.25) is 0 Å². The van der Waals surface area contributed by atoms with Gasteiger partial charge in [0.1, 0.15) is 0 Å². The van der Waals surface area contributed by atoms with E-state index in [0.29, 0.717) is 5.57 Å². The van der Waals surface area contributed by atoms with Crippen LogP contribution in [0, 0.1) is 0 Å². The predicted molar refractivity (Wildman–Crippen MR) is 118 cm³/mol. The third-order valence-corrected chi connectivity index (χ3v) is 10.1. The summed E-state index contributed by atoms with van der Waals surface area (Å²) < 4.78 is 11.9. The van der Waals surface area contributed by atoms with Gasteiger partial charge in [-0.05, 0) is 29.3 Å². The first-order valence-electron chi connectivity index (χ1n) is 9.63. The minimum absolute atomic E-state index is 0.0356. The van der Waals surface area contributed by atoms with Gasteiger partial charge in [0.05, 0.1) is 13.2 Å². The van der Waals surface area contributed by atoms with E-state index < -0.39 is 14.3 Å². The number of ether oxygens (including phenoxy) is 1. The summed E-state index contributed by atoms with van der Waals surface area (Å²) in [6, 6.07) is 20.0. The van der Waals surface area contributed by atoms with Gasteiger partial charge < -0.3 is 9.16 Å². The Balaban J connectivity index is 2.62. The van der Waals surface area contributed by atoms with E-state index in [9.17, 15) is 4.79 Å². The summed E-state index contributed by atoms with van der Waals surface area (Å²) in [6.45, 7) is 15.2. The van der Waals surface area contributed by atoms with Crippen molar-refractivity contribution >= 4 is 14.3 Å². The summed E-state index contributed by atoms with van der Waals surface area (Å²) in [5, 5.41) is 0.0356. The molecule has 0 fully saturated rings. The number of hydrogen-bond donors (Lipinski definition) is 0. The highest BCUT2D eigenvalue weighted by molar-refractivity contribution is 6.74. The normalized spacial score (nSPS) is 14.2. The Morgan fingerprint density at radius 3 is 1.82 bits per heavy atom. The third-order valence-electron chi connectivity index (χ3n) is 5.64. The minimum atomic E-state index is -2.13. The summed E-state index contributed by atoms with van der Waals surface area (Å²) in [7, 11) is -0.740. The van der Waals surface area contributed by atoms with E-state index in [1.807, 2.05) is 48.5 Å². The molecule has 0 radical (unpaired) electrons. The van der Waals surface area contributed by atoms with Crippen LogP contribution < -0.4 is 0 Å². The molecule has 0 aliphatic carbocycles. The average Bonchev–Trinajstić information content (AvgIpc) is 2.67. The van der Waals surface area contributed by atoms with E-state index in [2.05, 4.69) is 52.6 Å². The van der Waals surface area contributed by atoms with Crippen LogP contribution in [0.4, 0.5) is 0 Å². The number of carbonyl (C=O) groups is 1. The van der Waals surface area contributed by atoms with Crippen LogP contribution in [0.5, 0.6) is 0 Å². The van der Waals surface area contributed by atoms with Gasteiger partial charge in [-0.2, -0.15) is 0 Å². The van der Waals surface area contributed by atoms with Crippen LogP contribution in [0.2, 0.25) is 18.1 Å². The molecule has 0 spiro atoms. The maximum Gasteiger partial charge on any atom is 0.333 e. The molecule has 150 valence electrons. The summed E-state index contributed by atoms with van der Waals surface area (Å²) in [5.41, 5.74) is 2.43. The van der Waals surface area contributed by atoms with Crippen molar-refractivity contribution in [3.05, 3.63) is 83.9 Å². The molecule has 0 unspecified atom stereocenters. The van der Waals surface area contributed by atoms with Crippen molar-refractivity contribution in [2.75, 3.05) is 7.11 Å². The molecule has 2 atom stereocenters. The molecule has 0 saturated heterocycles. The van der Waals surface area contributed by atoms with Crippen LogP contribution >= 0.6 is 0 Å². The molecule has 28 heavy (non-hydrogen) atoms. The van der Waals surface area contributed by atoms with Crippen molar-refractivity contribution in [2.45, 2.75) is 50.9 Å². The number of rotatable bonds is 7. The molecule has 4 heteroatoms. The molecule has 0 aromatic heterocycles. The maximum absolute atomic E-state index is 12.5. The van der Waals surface area contributed by atoms with Crippen molar-refractivity contribution in [1.82, 2.24) is 0 Å². The Morgan fingerprint density at radius 2 is 1.39 bits per heavy atom. The van der Waals surface area contributed by atoms with Crippen molar-refractivity contribution in [3.63, 3.8) is 0 Å². The Labute approximate surface area is 170 Å². The second-order valence-corrected chi connectivity index (χ2v) is 13.4. The average molecular weight is 397 g/mol. The standard InChI is InChI=1S/C24H32O3Si/c1-18(23(25)26-5)21(19-14-10-8-11-15-19)22(20-16-12-9-13-17-20)27-28(6,7)24(2,3)4/h8-17,21-22H,1H2,2-7H3/t21-,22+/m0/s1. The van der Waals surface area contributed by atoms with Gasteiger partial charge in [0.25, 0.3) is 0 Å². The molecule has 0 bridgehead atoms. The zero-order chi connectivity index (χ0) is 20.9. The van der Waals surface area contributed by atoms with Crippen molar-refractivity contribution in [3.8, 4) is 0 Å². The molecule has 0 aliphatic rings. The second kappa shape index (κ2) is 8.89. The second-order valence-electron chi connectivity index (χ2n) is 8.61. The van der Waals surface area contributed by atoms with E-state index in [0.717, 1.165) is 11.1 Å². The lowest BCUT2D eigenvalue weighted by molar-refractivity contribution is -0.136. The Morgan fingerprint density at radius 1 is 0.929 bits per heavy atom. The maximum atomic E-state index is 12.5. The van der Waals surface area contributed by atoms with Crippen molar-refractivity contribution in [2.24, 2.45) is 0 Å². The summed E-state index contributed by atoms with van der Waals surface area (Å²) in [5.74, 6) is -0.737. The minimum Gasteiger partial charge on any atom is -0.466 e. The fraction of sp³-hybridized carbons (Fsp3) is 0.375. The topological polar surface area (TPSA) is 35.5 Å². The lowest BCUT2D eigenvalue weighted by atomic mass is 9.84. The SMILES string of the molecule is C=C(C(=O)OC)[C@@H](c1ccccc1)[C@H](O[Si](C)(C)C(C)(C)C)c1ccccc1. The number of esters is 1. The number of carbonyl (C=O) groups excluding carboxylic acids is 1. The van der Waals surface area contributed by atoms with Gasteiger partial charge in [0.2, 0.25) is 0 Å². The van der Waals surface area contributed by atoms with Gasteiger partial charge >= 0.3 is 5.97 Å². The number of benzene rings is 2. The Kier molecular flexibility index (Phi) is 7.02. The number of methoxy groups -OCH3 is 1. The molecule has 0 heterocycles. The van der Waals surface area contributed by atoms with Crippen molar-refractivity contribution in [1.29, 1.82) is 0 Å². The molecular weight excluding hydrogens is 364 g/mol. The first kappa shape index (κ1) is 22.1. The molecule has 0 saturated carbocycles. The van der Waals surface area contributed by atoms with Crippen molar-refractivity contribution < 1.29 is 14.0 Å². The molecule has 0 aliphatic heterocycles. The van der Waals surface area contributed by atoms with Crippen LogP contribution in [0.25, 0.3) is 0 Å². The van der Waals surface area contributed by atoms with E-state index in [4.69, 9.17) is 9.16 Å². The first-order valence-corrected chi connectivity index (χ1v) is 12.5. The Bertz CT molecular complexity index is 792. The van der Waals surface area contributed by atoms with E-state index >= 15 is 0 Å². The molecule has 3 nitrogen and oxygen atoms in total. The predicted octanol–water partition coefficient (Wildman–Crippen LogP) is 6.26. The third kappa shape index (κ3) is 5.00. The zero-order valence-corrected chi connectivity index (χ0v) is 18.9. The Hall–Kier alpha value is -2.17. The summed E-state index contributed by atoms with van der Waals surface area (Å²) >= 11 is 0. The van der Waals surface area contributed by atoms with E-state index in [1.165, 1.54) is 7.11 Å². The summed E-state index contributed by atoms with van der Waals surface area (Å²) in [6.07, 6.45) is -0.323. The van der Waals surface area contributed by atoms with Crippen LogP contribution in [-0.4, -0.2) is 21.4 Å². The van der Waals surface area contributed by atoms with Crippen LogP contribution in [0.3, 0.4) is 0 Å². The lowest BCUT2D eigenvalue weighted by Gasteiger charge is -2.42. The molecule has 2 aromatic rings. The highest BCUT2D eigenvalue weighted by Gasteiger charge is 2.42. The van der Waals surface area contributed by atoms with E-state index in [-0.39, 0.29) is 17.1 Å². The van der Waals surface area contributed by atoms with Crippen LogP contribution in [-0.2, 0) is 14.0 Å². The smallest absolute Gasteiger partial charge is 0.333 e. The summed E-state index contributed by atoms with van der Waals surface area (Å²) in [4.78, 5) is 12.5. The van der Waals surface area contributed by atoms with Crippen LogP contribution in [0.1, 0.15) is 43.9 Å². The fourth-order valence-corrected chi connectivity index (χ4v) is 4.20. The molecular formula is C24H32O3Si. The van der Waals surface area contributed by atoms with Gasteiger partial charge in [0, 0.05) is 11.5 Å². The molecule has 0 N–H and O–H groups in total.